The number of nitrogens with zero attached hydrogens (tertiary/aromatic N) is 1. The summed E-state index contributed by atoms with van der Waals surface area (Å²) in [6.45, 7) is 0.146. The molecule has 92 valence electrons. The number of nitro benzene ring substituents is 1. The lowest BCUT2D eigenvalue weighted by atomic mass is 10.3. The number of rotatable bonds is 6. The topological polar surface area (TPSA) is 92.5 Å². The molecule has 0 aromatic heterocycles. The predicted octanol–water partition coefficient (Wildman–Crippen LogP) is 0.795. The molecule has 0 unspecified atom stereocenters. The van der Waals surface area contributed by atoms with Crippen molar-refractivity contribution in [3.05, 3.63) is 34.4 Å². The average molecular weight is 256 g/mol. The molecule has 7 heteroatoms. The molecular formula is C10H12N2O4S. The first kappa shape index (κ1) is 13.5. The van der Waals surface area contributed by atoms with Gasteiger partial charge in [0.25, 0.3) is 5.69 Å². The standard InChI is InChI=1S/C10H12N2O4S/c13-6-5-11-10(14)7-17-9-3-1-8(2-4-9)12(15)16/h1-4,13H,5-7H2,(H,11,14). The number of carbonyl (C=O) groups excluding carboxylic acids is 1. The predicted molar refractivity (Wildman–Crippen MR) is 63.9 cm³/mol. The van der Waals surface area contributed by atoms with Crippen molar-refractivity contribution in [1.29, 1.82) is 0 Å². The molecule has 0 bridgehead atoms. The molecular weight excluding hydrogens is 244 g/mol. The van der Waals surface area contributed by atoms with E-state index in [1.807, 2.05) is 0 Å². The minimum absolute atomic E-state index is 0.0269. The van der Waals surface area contributed by atoms with E-state index in [0.29, 0.717) is 0 Å². The van der Waals surface area contributed by atoms with Gasteiger partial charge in [0.2, 0.25) is 5.91 Å². The van der Waals surface area contributed by atoms with Crippen molar-refractivity contribution >= 4 is 23.4 Å². The van der Waals surface area contributed by atoms with Crippen molar-refractivity contribution in [2.45, 2.75) is 4.90 Å². The van der Waals surface area contributed by atoms with Gasteiger partial charge in [-0.25, -0.2) is 0 Å². The molecule has 0 radical (unpaired) electrons. The van der Waals surface area contributed by atoms with Crippen LogP contribution >= 0.6 is 11.8 Å². The minimum atomic E-state index is -0.470. The Kier molecular flexibility index (Phi) is 5.44. The summed E-state index contributed by atoms with van der Waals surface area (Å²) in [5.41, 5.74) is 0.0269. The van der Waals surface area contributed by atoms with Crippen molar-refractivity contribution in [3.8, 4) is 0 Å². The van der Waals surface area contributed by atoms with Crippen LogP contribution in [0.1, 0.15) is 0 Å². The number of carbonyl (C=O) groups is 1. The van der Waals surface area contributed by atoms with Gasteiger partial charge in [0.05, 0.1) is 17.3 Å². The molecule has 0 saturated heterocycles. The molecule has 0 atom stereocenters. The third-order valence-corrected chi connectivity index (χ3v) is 2.86. The zero-order valence-electron chi connectivity index (χ0n) is 8.96. The van der Waals surface area contributed by atoms with E-state index >= 15 is 0 Å². The third kappa shape index (κ3) is 4.83. The summed E-state index contributed by atoms with van der Waals surface area (Å²) in [6.07, 6.45) is 0. The van der Waals surface area contributed by atoms with Crippen molar-refractivity contribution in [1.82, 2.24) is 5.32 Å². The van der Waals surface area contributed by atoms with Crippen LogP contribution < -0.4 is 5.32 Å². The Hall–Kier alpha value is -1.60. The van der Waals surface area contributed by atoms with E-state index in [1.54, 1.807) is 12.1 Å². The van der Waals surface area contributed by atoms with Gasteiger partial charge in [-0.2, -0.15) is 0 Å². The van der Waals surface area contributed by atoms with E-state index < -0.39 is 4.92 Å². The van der Waals surface area contributed by atoms with Crippen LogP contribution in [0.5, 0.6) is 0 Å². The number of hydrogen-bond acceptors (Lipinski definition) is 5. The van der Waals surface area contributed by atoms with Gasteiger partial charge in [0.1, 0.15) is 0 Å². The molecule has 0 aliphatic carbocycles. The number of amides is 1. The number of aliphatic hydroxyl groups excluding tert-OH is 1. The highest BCUT2D eigenvalue weighted by Gasteiger charge is 2.05. The van der Waals surface area contributed by atoms with E-state index in [4.69, 9.17) is 5.11 Å². The van der Waals surface area contributed by atoms with E-state index in [9.17, 15) is 14.9 Å². The first-order valence-corrected chi connectivity index (χ1v) is 5.87. The fraction of sp³-hybridized carbons (Fsp3) is 0.300. The normalized spacial score (nSPS) is 9.94. The minimum Gasteiger partial charge on any atom is -0.395 e. The zero-order chi connectivity index (χ0) is 12.7. The van der Waals surface area contributed by atoms with Crippen LogP contribution in [0.3, 0.4) is 0 Å². The molecule has 1 aromatic rings. The molecule has 0 spiro atoms. The molecule has 0 heterocycles. The number of non-ortho nitro benzene ring substituents is 1. The summed E-state index contributed by atoms with van der Waals surface area (Å²) in [4.78, 5) is 21.9. The zero-order valence-corrected chi connectivity index (χ0v) is 9.77. The van der Waals surface area contributed by atoms with Crippen LogP contribution in [0.15, 0.2) is 29.2 Å². The van der Waals surface area contributed by atoms with Gasteiger partial charge in [-0.3, -0.25) is 14.9 Å². The summed E-state index contributed by atoms with van der Waals surface area (Å²) in [6, 6.07) is 5.99. The summed E-state index contributed by atoms with van der Waals surface area (Å²) < 4.78 is 0. The quantitative estimate of drug-likeness (QED) is 0.446. The fourth-order valence-corrected chi connectivity index (χ4v) is 1.79. The second-order valence-corrected chi connectivity index (χ2v) is 4.16. The van der Waals surface area contributed by atoms with Gasteiger partial charge >= 0.3 is 0 Å². The number of thioether (sulfide) groups is 1. The second-order valence-electron chi connectivity index (χ2n) is 3.11. The van der Waals surface area contributed by atoms with Crippen molar-refractivity contribution in [2.24, 2.45) is 0 Å². The van der Waals surface area contributed by atoms with Crippen LogP contribution in [-0.4, -0.2) is 34.8 Å². The Balaban J connectivity index is 2.42. The number of benzene rings is 1. The van der Waals surface area contributed by atoms with Gasteiger partial charge in [-0.1, -0.05) is 0 Å². The molecule has 2 N–H and O–H groups in total. The lowest BCUT2D eigenvalue weighted by molar-refractivity contribution is -0.384. The highest BCUT2D eigenvalue weighted by atomic mass is 32.2. The highest BCUT2D eigenvalue weighted by molar-refractivity contribution is 8.00. The lowest BCUT2D eigenvalue weighted by Gasteiger charge is -2.02. The maximum atomic E-state index is 11.2. The second kappa shape index (κ2) is 6.87. The smallest absolute Gasteiger partial charge is 0.269 e. The van der Waals surface area contributed by atoms with Gasteiger partial charge in [0, 0.05) is 23.6 Å². The van der Waals surface area contributed by atoms with Crippen LogP contribution in [-0.2, 0) is 4.79 Å². The molecule has 0 aliphatic heterocycles. The number of nitro groups is 1. The fourth-order valence-electron chi connectivity index (χ4n) is 1.06. The molecule has 1 rings (SSSR count). The van der Waals surface area contributed by atoms with Gasteiger partial charge < -0.3 is 10.4 Å². The first-order valence-electron chi connectivity index (χ1n) is 4.88. The molecule has 1 amide bonds. The maximum Gasteiger partial charge on any atom is 0.269 e. The largest absolute Gasteiger partial charge is 0.395 e. The molecule has 6 nitrogen and oxygen atoms in total. The molecule has 1 aromatic carbocycles. The first-order chi connectivity index (χ1) is 8.13. The molecule has 17 heavy (non-hydrogen) atoms. The number of hydrogen-bond donors (Lipinski definition) is 2. The lowest BCUT2D eigenvalue weighted by Crippen LogP contribution is -2.27. The van der Waals surface area contributed by atoms with Gasteiger partial charge in [-0.05, 0) is 12.1 Å². The van der Waals surface area contributed by atoms with Crippen LogP contribution in [0, 0.1) is 10.1 Å². The van der Waals surface area contributed by atoms with Crippen molar-refractivity contribution < 1.29 is 14.8 Å². The van der Waals surface area contributed by atoms with E-state index in [0.717, 1.165) is 4.90 Å². The van der Waals surface area contributed by atoms with Crippen LogP contribution in [0.25, 0.3) is 0 Å². The van der Waals surface area contributed by atoms with Crippen molar-refractivity contribution in [3.63, 3.8) is 0 Å². The summed E-state index contributed by atoms with van der Waals surface area (Å²) >= 11 is 1.28. The molecule has 0 fully saturated rings. The Morgan fingerprint density at radius 3 is 2.59 bits per heavy atom. The Morgan fingerprint density at radius 1 is 1.41 bits per heavy atom. The van der Waals surface area contributed by atoms with E-state index in [2.05, 4.69) is 5.32 Å². The summed E-state index contributed by atoms with van der Waals surface area (Å²) in [7, 11) is 0. The summed E-state index contributed by atoms with van der Waals surface area (Å²) in [5.74, 6) is 0.0417. The van der Waals surface area contributed by atoms with Crippen molar-refractivity contribution in [2.75, 3.05) is 18.9 Å². The van der Waals surface area contributed by atoms with Gasteiger partial charge in [-0.15, -0.1) is 11.8 Å². The number of aliphatic hydroxyl groups is 1. The maximum absolute atomic E-state index is 11.2. The summed E-state index contributed by atoms with van der Waals surface area (Å²) in [5, 5.41) is 21.4. The van der Waals surface area contributed by atoms with Gasteiger partial charge in [0.15, 0.2) is 0 Å². The third-order valence-electron chi connectivity index (χ3n) is 1.85. The monoisotopic (exact) mass is 256 g/mol. The number of nitrogens with one attached hydrogen (secondary N) is 1. The average Bonchev–Trinajstić information content (AvgIpc) is 2.34. The SMILES string of the molecule is O=C(CSc1ccc([N+](=O)[O-])cc1)NCCO. The Bertz CT molecular complexity index is 394. The molecule has 0 aliphatic rings. The van der Waals surface area contributed by atoms with Crippen LogP contribution in [0.2, 0.25) is 0 Å². The van der Waals surface area contributed by atoms with E-state index in [-0.39, 0.29) is 30.5 Å². The Labute approximate surface area is 102 Å². The molecule has 0 saturated carbocycles. The van der Waals surface area contributed by atoms with Crippen LogP contribution in [0.4, 0.5) is 5.69 Å². The highest BCUT2D eigenvalue weighted by Crippen LogP contribution is 2.20. The Morgan fingerprint density at radius 2 is 2.06 bits per heavy atom. The van der Waals surface area contributed by atoms with E-state index in [1.165, 1.54) is 23.9 Å².